The first-order valence-electron chi connectivity index (χ1n) is 4.94. The minimum atomic E-state index is 0.959. The summed E-state index contributed by atoms with van der Waals surface area (Å²) in [7, 11) is 0. The molecular weight excluding hydrogens is 192 g/mol. The van der Waals surface area contributed by atoms with E-state index in [-0.39, 0.29) is 0 Å². The zero-order valence-electron chi connectivity index (χ0n) is 8.03. The second-order valence-corrected chi connectivity index (χ2v) is 3.83. The van der Waals surface area contributed by atoms with Crippen molar-refractivity contribution in [1.82, 2.24) is 9.97 Å². The van der Waals surface area contributed by atoms with E-state index in [0.29, 0.717) is 0 Å². The highest BCUT2D eigenvalue weighted by molar-refractivity contribution is 7.80. The largest absolute Gasteiger partial charge is 0.342 e. The normalized spacial score (nSPS) is 10.9. The topological polar surface area (TPSA) is 28.7 Å². The van der Waals surface area contributed by atoms with Gasteiger partial charge in [0.2, 0.25) is 0 Å². The van der Waals surface area contributed by atoms with Crippen molar-refractivity contribution >= 4 is 23.7 Å². The Labute approximate surface area is 89.2 Å². The maximum Gasteiger partial charge on any atom is 0.107 e. The quantitative estimate of drug-likeness (QED) is 0.584. The molecule has 2 rings (SSSR count). The number of fused-ring (bicyclic) bond motifs is 1. The highest BCUT2D eigenvalue weighted by Gasteiger charge is 2.00. The summed E-state index contributed by atoms with van der Waals surface area (Å²) < 4.78 is 0. The molecule has 14 heavy (non-hydrogen) atoms. The van der Waals surface area contributed by atoms with Crippen LogP contribution in [-0.2, 0) is 6.42 Å². The number of benzene rings is 1. The summed E-state index contributed by atoms with van der Waals surface area (Å²) in [5, 5.41) is 0. The molecule has 0 spiro atoms. The number of thiol groups is 1. The van der Waals surface area contributed by atoms with Crippen molar-refractivity contribution in [1.29, 1.82) is 0 Å². The van der Waals surface area contributed by atoms with Gasteiger partial charge in [0.05, 0.1) is 11.0 Å². The number of para-hydroxylation sites is 2. The second-order valence-electron chi connectivity index (χ2n) is 3.38. The standard InChI is InChI=1S/C11H14N2S/c14-8-4-3-7-11-12-9-5-1-2-6-10(9)13-11/h1-2,5-6,14H,3-4,7-8H2,(H,12,13). The molecule has 1 aromatic carbocycles. The lowest BCUT2D eigenvalue weighted by atomic mass is 10.2. The monoisotopic (exact) mass is 206 g/mol. The zero-order valence-corrected chi connectivity index (χ0v) is 8.93. The van der Waals surface area contributed by atoms with Crippen LogP contribution in [0.4, 0.5) is 0 Å². The average molecular weight is 206 g/mol. The molecule has 0 aliphatic rings. The van der Waals surface area contributed by atoms with E-state index in [0.717, 1.165) is 41.9 Å². The third kappa shape index (κ3) is 2.10. The lowest BCUT2D eigenvalue weighted by Gasteiger charge is -1.93. The Morgan fingerprint density at radius 1 is 1.21 bits per heavy atom. The molecule has 0 aliphatic carbocycles. The number of aromatic amines is 1. The number of H-pyrrole nitrogens is 1. The van der Waals surface area contributed by atoms with Gasteiger partial charge < -0.3 is 4.98 Å². The van der Waals surface area contributed by atoms with E-state index in [1.165, 1.54) is 0 Å². The van der Waals surface area contributed by atoms with E-state index < -0.39 is 0 Å². The van der Waals surface area contributed by atoms with Crippen LogP contribution in [0.25, 0.3) is 11.0 Å². The van der Waals surface area contributed by atoms with Gasteiger partial charge in [0.15, 0.2) is 0 Å². The number of rotatable bonds is 4. The van der Waals surface area contributed by atoms with Gasteiger partial charge in [-0.1, -0.05) is 12.1 Å². The Morgan fingerprint density at radius 3 is 2.86 bits per heavy atom. The summed E-state index contributed by atoms with van der Waals surface area (Å²) in [6.07, 6.45) is 3.33. The highest BCUT2D eigenvalue weighted by atomic mass is 32.1. The van der Waals surface area contributed by atoms with Crippen molar-refractivity contribution in [3.63, 3.8) is 0 Å². The fourth-order valence-corrected chi connectivity index (χ4v) is 1.75. The van der Waals surface area contributed by atoms with Crippen LogP contribution < -0.4 is 0 Å². The summed E-state index contributed by atoms with van der Waals surface area (Å²) in [5.41, 5.74) is 2.20. The SMILES string of the molecule is SCCCCc1nc2ccccc2[nH]1. The fraction of sp³-hybridized carbons (Fsp3) is 0.364. The molecule has 2 aromatic rings. The Balaban J connectivity index is 2.11. The van der Waals surface area contributed by atoms with Gasteiger partial charge >= 0.3 is 0 Å². The molecule has 0 fully saturated rings. The number of aromatic nitrogens is 2. The first kappa shape index (κ1) is 9.59. The van der Waals surface area contributed by atoms with Gasteiger partial charge in [-0.3, -0.25) is 0 Å². The summed E-state index contributed by atoms with van der Waals surface area (Å²) in [6, 6.07) is 8.14. The molecule has 0 aliphatic heterocycles. The van der Waals surface area contributed by atoms with Crippen molar-refractivity contribution in [2.75, 3.05) is 5.75 Å². The molecule has 1 heterocycles. The molecule has 0 bridgehead atoms. The minimum absolute atomic E-state index is 0.959. The molecule has 0 atom stereocenters. The Kier molecular flexibility index (Phi) is 3.09. The molecule has 0 unspecified atom stereocenters. The van der Waals surface area contributed by atoms with Crippen LogP contribution in [0.3, 0.4) is 0 Å². The summed E-state index contributed by atoms with van der Waals surface area (Å²) in [4.78, 5) is 7.82. The van der Waals surface area contributed by atoms with E-state index in [9.17, 15) is 0 Å². The van der Waals surface area contributed by atoms with E-state index in [4.69, 9.17) is 0 Å². The van der Waals surface area contributed by atoms with E-state index in [1.807, 2.05) is 18.2 Å². The molecule has 2 nitrogen and oxygen atoms in total. The van der Waals surface area contributed by atoms with Crippen LogP contribution in [-0.4, -0.2) is 15.7 Å². The van der Waals surface area contributed by atoms with Gasteiger partial charge in [-0.05, 0) is 30.7 Å². The van der Waals surface area contributed by atoms with E-state index >= 15 is 0 Å². The molecule has 0 saturated carbocycles. The molecule has 0 saturated heterocycles. The number of hydrogen-bond donors (Lipinski definition) is 2. The van der Waals surface area contributed by atoms with Crippen LogP contribution in [0.2, 0.25) is 0 Å². The number of imidazole rings is 1. The first-order chi connectivity index (χ1) is 6.90. The van der Waals surface area contributed by atoms with Gasteiger partial charge in [0.1, 0.15) is 5.82 Å². The van der Waals surface area contributed by atoms with Crippen LogP contribution in [0.5, 0.6) is 0 Å². The van der Waals surface area contributed by atoms with Gasteiger partial charge in [-0.2, -0.15) is 12.6 Å². The van der Waals surface area contributed by atoms with Crippen molar-refractivity contribution in [2.24, 2.45) is 0 Å². The van der Waals surface area contributed by atoms with Gasteiger partial charge in [-0.25, -0.2) is 4.98 Å². The lowest BCUT2D eigenvalue weighted by molar-refractivity contribution is 0.772. The van der Waals surface area contributed by atoms with Crippen LogP contribution >= 0.6 is 12.6 Å². The number of aryl methyl sites for hydroxylation is 1. The molecule has 3 heteroatoms. The first-order valence-corrected chi connectivity index (χ1v) is 5.58. The molecule has 1 aromatic heterocycles. The van der Waals surface area contributed by atoms with E-state index in [2.05, 4.69) is 28.7 Å². The van der Waals surface area contributed by atoms with Gasteiger partial charge in [-0.15, -0.1) is 0 Å². The highest BCUT2D eigenvalue weighted by Crippen LogP contribution is 2.11. The molecule has 0 radical (unpaired) electrons. The Hall–Kier alpha value is -0.960. The summed E-state index contributed by atoms with van der Waals surface area (Å²) in [5.74, 6) is 2.05. The van der Waals surface area contributed by atoms with Crippen LogP contribution in [0, 0.1) is 0 Å². The zero-order chi connectivity index (χ0) is 9.80. The predicted molar refractivity (Wildman–Crippen MR) is 62.9 cm³/mol. The maximum atomic E-state index is 4.50. The van der Waals surface area contributed by atoms with Gasteiger partial charge in [0, 0.05) is 6.42 Å². The fourth-order valence-electron chi connectivity index (χ4n) is 1.53. The molecule has 0 amide bonds. The third-order valence-electron chi connectivity index (χ3n) is 2.26. The number of nitrogens with zero attached hydrogens (tertiary/aromatic N) is 1. The van der Waals surface area contributed by atoms with Gasteiger partial charge in [0.25, 0.3) is 0 Å². The van der Waals surface area contributed by atoms with Crippen LogP contribution in [0.1, 0.15) is 18.7 Å². The maximum absolute atomic E-state index is 4.50. The van der Waals surface area contributed by atoms with Crippen molar-refractivity contribution in [2.45, 2.75) is 19.3 Å². The number of nitrogens with one attached hydrogen (secondary N) is 1. The summed E-state index contributed by atoms with van der Waals surface area (Å²) in [6.45, 7) is 0. The smallest absolute Gasteiger partial charge is 0.107 e. The minimum Gasteiger partial charge on any atom is -0.342 e. The van der Waals surface area contributed by atoms with Crippen molar-refractivity contribution in [3.05, 3.63) is 30.1 Å². The van der Waals surface area contributed by atoms with E-state index in [1.54, 1.807) is 0 Å². The summed E-state index contributed by atoms with van der Waals surface area (Å²) >= 11 is 4.19. The van der Waals surface area contributed by atoms with Crippen molar-refractivity contribution < 1.29 is 0 Å². The Morgan fingerprint density at radius 2 is 2.07 bits per heavy atom. The third-order valence-corrected chi connectivity index (χ3v) is 2.58. The van der Waals surface area contributed by atoms with Crippen LogP contribution in [0.15, 0.2) is 24.3 Å². The predicted octanol–water partition coefficient (Wildman–Crippen LogP) is 2.82. The second kappa shape index (κ2) is 4.51. The molecular formula is C11H14N2S. The Bertz CT molecular complexity index is 375. The molecule has 1 N–H and O–H groups in total. The number of unbranched alkanes of at least 4 members (excludes halogenated alkanes) is 1. The lowest BCUT2D eigenvalue weighted by Crippen LogP contribution is -1.88. The number of hydrogen-bond acceptors (Lipinski definition) is 2. The van der Waals surface area contributed by atoms with Crippen molar-refractivity contribution in [3.8, 4) is 0 Å². The molecule has 74 valence electrons. The average Bonchev–Trinajstić information content (AvgIpc) is 2.60.